The number of nitrogens with one attached hydrogen (secondary N) is 1. The lowest BCUT2D eigenvalue weighted by Crippen LogP contribution is -2.57. The number of phenols is 1. The Labute approximate surface area is 136 Å². The van der Waals surface area contributed by atoms with Crippen molar-refractivity contribution in [1.29, 1.82) is 0 Å². The Kier molecular flexibility index (Phi) is 5.88. The van der Waals surface area contributed by atoms with Gasteiger partial charge in [-0.15, -0.1) is 12.4 Å². The van der Waals surface area contributed by atoms with Gasteiger partial charge in [-0.3, -0.25) is 4.79 Å². The van der Waals surface area contributed by atoms with Crippen LogP contribution in [0.15, 0.2) is 24.3 Å². The zero-order valence-electron chi connectivity index (χ0n) is 12.4. The number of anilines is 1. The number of phenolic OH excluding ortho intramolecular Hbond substituents is 1. The molecule has 2 N–H and O–H groups in total. The lowest BCUT2D eigenvalue weighted by Gasteiger charge is -2.38. The van der Waals surface area contributed by atoms with Crippen LogP contribution in [0, 0.1) is 0 Å². The van der Waals surface area contributed by atoms with Gasteiger partial charge in [0.15, 0.2) is 0 Å². The number of morpholine rings is 1. The first kappa shape index (κ1) is 16.9. The predicted octanol–water partition coefficient (Wildman–Crippen LogP) is 0.451. The number of nitrogens with zero attached hydrogens (tertiary/aromatic N) is 2. The molecule has 2 aliphatic heterocycles. The first-order chi connectivity index (χ1) is 10.3. The van der Waals surface area contributed by atoms with E-state index in [9.17, 15) is 9.90 Å². The minimum atomic E-state index is -0.213. The molecule has 22 heavy (non-hydrogen) atoms. The van der Waals surface area contributed by atoms with Crippen molar-refractivity contribution >= 4 is 24.0 Å². The highest BCUT2D eigenvalue weighted by Crippen LogP contribution is 2.27. The van der Waals surface area contributed by atoms with Crippen molar-refractivity contribution in [1.82, 2.24) is 10.2 Å². The number of aromatic hydroxyl groups is 1. The van der Waals surface area contributed by atoms with Crippen LogP contribution in [0.5, 0.6) is 5.75 Å². The first-order valence-corrected chi connectivity index (χ1v) is 7.38. The molecule has 1 unspecified atom stereocenters. The lowest BCUT2D eigenvalue weighted by molar-refractivity contribution is -0.136. The second-order valence-electron chi connectivity index (χ2n) is 5.38. The number of carbonyl (C=O) groups excluding carboxylic acids is 1. The lowest BCUT2D eigenvalue weighted by atomic mass is 10.2. The van der Waals surface area contributed by atoms with E-state index in [0.29, 0.717) is 32.1 Å². The molecule has 1 atom stereocenters. The summed E-state index contributed by atoms with van der Waals surface area (Å²) in [5.41, 5.74) is 0.837. The van der Waals surface area contributed by atoms with E-state index in [2.05, 4.69) is 10.2 Å². The quantitative estimate of drug-likeness (QED) is 0.826. The number of piperazine rings is 1. The average Bonchev–Trinajstić information content (AvgIpc) is 2.56. The van der Waals surface area contributed by atoms with Gasteiger partial charge < -0.3 is 25.0 Å². The van der Waals surface area contributed by atoms with E-state index >= 15 is 0 Å². The molecule has 0 aromatic heterocycles. The second-order valence-corrected chi connectivity index (χ2v) is 5.38. The zero-order valence-corrected chi connectivity index (χ0v) is 13.2. The van der Waals surface area contributed by atoms with E-state index in [0.717, 1.165) is 25.3 Å². The van der Waals surface area contributed by atoms with Gasteiger partial charge in [0.1, 0.15) is 11.8 Å². The minimum absolute atomic E-state index is 0. The summed E-state index contributed by atoms with van der Waals surface area (Å²) in [6.07, 6.45) is 0. The van der Waals surface area contributed by atoms with Gasteiger partial charge in [0, 0.05) is 32.7 Å². The molecule has 2 fully saturated rings. The molecule has 0 bridgehead atoms. The van der Waals surface area contributed by atoms with Gasteiger partial charge in [-0.25, -0.2) is 0 Å². The molecule has 2 heterocycles. The fourth-order valence-electron chi connectivity index (χ4n) is 2.84. The minimum Gasteiger partial charge on any atom is -0.506 e. The Morgan fingerprint density at radius 3 is 2.59 bits per heavy atom. The van der Waals surface area contributed by atoms with Crippen LogP contribution >= 0.6 is 12.4 Å². The Morgan fingerprint density at radius 2 is 1.95 bits per heavy atom. The molecule has 2 saturated heterocycles. The standard InChI is InChI=1S/C15H21N3O3.ClH/c19-14-4-2-1-3-13(14)17-6-8-18(9-7-17)15(20)12-11-21-10-5-16-12;/h1-4,12,16,19H,5-11H2;1H. The van der Waals surface area contributed by atoms with Crippen molar-refractivity contribution in [3.8, 4) is 5.75 Å². The summed E-state index contributed by atoms with van der Waals surface area (Å²) < 4.78 is 5.35. The number of rotatable bonds is 2. The highest BCUT2D eigenvalue weighted by molar-refractivity contribution is 5.85. The summed E-state index contributed by atoms with van der Waals surface area (Å²) in [6, 6.07) is 7.11. The van der Waals surface area contributed by atoms with Crippen LogP contribution in [0.3, 0.4) is 0 Å². The fourth-order valence-corrected chi connectivity index (χ4v) is 2.84. The van der Waals surface area contributed by atoms with E-state index in [1.807, 2.05) is 23.1 Å². The second kappa shape index (κ2) is 7.67. The van der Waals surface area contributed by atoms with E-state index < -0.39 is 0 Å². The van der Waals surface area contributed by atoms with E-state index in [1.54, 1.807) is 6.07 Å². The molecule has 7 heteroatoms. The van der Waals surface area contributed by atoms with Crippen LogP contribution < -0.4 is 10.2 Å². The van der Waals surface area contributed by atoms with Crippen molar-refractivity contribution in [2.24, 2.45) is 0 Å². The van der Waals surface area contributed by atoms with Crippen LogP contribution in [0.1, 0.15) is 0 Å². The summed E-state index contributed by atoms with van der Waals surface area (Å²) >= 11 is 0. The van der Waals surface area contributed by atoms with Crippen molar-refractivity contribution in [3.05, 3.63) is 24.3 Å². The van der Waals surface area contributed by atoms with Crippen LogP contribution in [0.4, 0.5) is 5.69 Å². The SMILES string of the molecule is Cl.O=C(C1COCCN1)N1CCN(c2ccccc2O)CC1. The Balaban J connectivity index is 0.00000176. The molecule has 0 aliphatic carbocycles. The molecule has 1 amide bonds. The van der Waals surface area contributed by atoms with Crippen molar-refractivity contribution in [3.63, 3.8) is 0 Å². The van der Waals surface area contributed by atoms with Gasteiger partial charge in [0.25, 0.3) is 0 Å². The van der Waals surface area contributed by atoms with Gasteiger partial charge in [-0.05, 0) is 12.1 Å². The fraction of sp³-hybridized carbons (Fsp3) is 0.533. The molecule has 1 aromatic carbocycles. The third-order valence-corrected chi connectivity index (χ3v) is 4.03. The molecular formula is C15H22ClN3O3. The number of hydrogen-bond donors (Lipinski definition) is 2. The maximum atomic E-state index is 12.4. The van der Waals surface area contributed by atoms with Gasteiger partial charge in [0.05, 0.1) is 18.9 Å². The molecule has 122 valence electrons. The average molecular weight is 328 g/mol. The van der Waals surface area contributed by atoms with Crippen molar-refractivity contribution in [2.45, 2.75) is 6.04 Å². The maximum Gasteiger partial charge on any atom is 0.242 e. The third kappa shape index (κ3) is 3.63. The highest BCUT2D eigenvalue weighted by atomic mass is 35.5. The molecule has 0 saturated carbocycles. The van der Waals surface area contributed by atoms with Gasteiger partial charge in [-0.1, -0.05) is 12.1 Å². The van der Waals surface area contributed by atoms with Gasteiger partial charge in [0.2, 0.25) is 5.91 Å². The normalized spacial score (nSPS) is 22.1. The molecular weight excluding hydrogens is 306 g/mol. The topological polar surface area (TPSA) is 65.0 Å². The number of halogens is 1. The van der Waals surface area contributed by atoms with Gasteiger partial charge in [-0.2, -0.15) is 0 Å². The maximum absolute atomic E-state index is 12.4. The number of hydrogen-bond acceptors (Lipinski definition) is 5. The number of amides is 1. The molecule has 2 aliphatic rings. The molecule has 0 spiro atoms. The number of carbonyl (C=O) groups is 1. The predicted molar refractivity (Wildman–Crippen MR) is 86.8 cm³/mol. The molecule has 0 radical (unpaired) electrons. The monoisotopic (exact) mass is 327 g/mol. The van der Waals surface area contributed by atoms with Crippen molar-refractivity contribution < 1.29 is 14.6 Å². The largest absolute Gasteiger partial charge is 0.506 e. The zero-order chi connectivity index (χ0) is 14.7. The Bertz CT molecular complexity index is 501. The number of ether oxygens (including phenoxy) is 1. The Hall–Kier alpha value is -1.50. The van der Waals surface area contributed by atoms with Crippen LogP contribution in [0.2, 0.25) is 0 Å². The molecule has 3 rings (SSSR count). The molecule has 1 aromatic rings. The van der Waals surface area contributed by atoms with Crippen LogP contribution in [-0.2, 0) is 9.53 Å². The summed E-state index contributed by atoms with van der Waals surface area (Å²) in [7, 11) is 0. The Morgan fingerprint density at radius 1 is 1.23 bits per heavy atom. The van der Waals surface area contributed by atoms with E-state index in [1.165, 1.54) is 0 Å². The summed E-state index contributed by atoms with van der Waals surface area (Å²) in [5, 5.41) is 13.1. The van der Waals surface area contributed by atoms with Gasteiger partial charge >= 0.3 is 0 Å². The number of benzene rings is 1. The van der Waals surface area contributed by atoms with Crippen LogP contribution in [0.25, 0.3) is 0 Å². The smallest absolute Gasteiger partial charge is 0.242 e. The van der Waals surface area contributed by atoms with E-state index in [4.69, 9.17) is 4.74 Å². The summed E-state index contributed by atoms with van der Waals surface area (Å²) in [5.74, 6) is 0.409. The first-order valence-electron chi connectivity index (χ1n) is 7.38. The van der Waals surface area contributed by atoms with Crippen LogP contribution in [-0.4, -0.2) is 67.9 Å². The third-order valence-electron chi connectivity index (χ3n) is 4.03. The molecule has 6 nitrogen and oxygen atoms in total. The highest BCUT2D eigenvalue weighted by Gasteiger charge is 2.29. The summed E-state index contributed by atoms with van der Waals surface area (Å²) in [6.45, 7) is 4.67. The van der Waals surface area contributed by atoms with E-state index in [-0.39, 0.29) is 24.4 Å². The number of para-hydroxylation sites is 2. The van der Waals surface area contributed by atoms with Crippen molar-refractivity contribution in [2.75, 3.05) is 50.8 Å². The summed E-state index contributed by atoms with van der Waals surface area (Å²) in [4.78, 5) is 16.4.